The second kappa shape index (κ2) is 6.57. The Morgan fingerprint density at radius 3 is 2.64 bits per heavy atom. The van der Waals surface area contributed by atoms with E-state index in [1.54, 1.807) is 11.3 Å². The average molecular weight is 355 g/mol. The molecule has 1 aliphatic rings. The topological polar surface area (TPSA) is 53.7 Å². The Balaban J connectivity index is 1.40. The van der Waals surface area contributed by atoms with E-state index >= 15 is 0 Å². The van der Waals surface area contributed by atoms with Crippen molar-refractivity contribution in [2.24, 2.45) is 0 Å². The van der Waals surface area contributed by atoms with Crippen molar-refractivity contribution in [2.45, 2.75) is 20.4 Å². The van der Waals surface area contributed by atoms with Crippen LogP contribution in [0.25, 0.3) is 5.65 Å². The van der Waals surface area contributed by atoms with Crippen LogP contribution in [0.3, 0.4) is 0 Å². The third-order valence-electron chi connectivity index (χ3n) is 4.53. The number of aromatic nitrogens is 3. The molecule has 0 spiro atoms. The first-order chi connectivity index (χ1) is 12.1. The molecule has 0 radical (unpaired) electrons. The van der Waals surface area contributed by atoms with E-state index in [1.807, 2.05) is 47.7 Å². The lowest BCUT2D eigenvalue weighted by molar-refractivity contribution is 0.0622. The lowest BCUT2D eigenvalue weighted by Crippen LogP contribution is -2.48. The summed E-state index contributed by atoms with van der Waals surface area (Å²) in [7, 11) is 0. The largest absolute Gasteiger partial charge is 0.335 e. The first-order valence-electron chi connectivity index (χ1n) is 8.46. The summed E-state index contributed by atoms with van der Waals surface area (Å²) in [6.45, 7) is 8.12. The molecule has 0 saturated carbocycles. The van der Waals surface area contributed by atoms with Gasteiger partial charge in [0, 0.05) is 50.5 Å². The van der Waals surface area contributed by atoms with Crippen molar-refractivity contribution in [1.29, 1.82) is 0 Å². The highest BCUT2D eigenvalue weighted by molar-refractivity contribution is 7.09. The lowest BCUT2D eigenvalue weighted by atomic mass is 10.2. The van der Waals surface area contributed by atoms with E-state index in [9.17, 15) is 4.79 Å². The molecule has 6 nitrogen and oxygen atoms in total. The number of aryl methyl sites for hydroxylation is 2. The van der Waals surface area contributed by atoms with E-state index in [2.05, 4.69) is 20.2 Å². The van der Waals surface area contributed by atoms with Crippen molar-refractivity contribution in [3.05, 3.63) is 51.9 Å². The van der Waals surface area contributed by atoms with Gasteiger partial charge in [0.25, 0.3) is 5.91 Å². The van der Waals surface area contributed by atoms with E-state index in [1.165, 1.54) is 0 Å². The Hall–Kier alpha value is -2.25. The zero-order chi connectivity index (χ0) is 17.4. The third kappa shape index (κ3) is 3.43. The van der Waals surface area contributed by atoms with Crippen LogP contribution in [-0.2, 0) is 6.54 Å². The molecule has 4 heterocycles. The summed E-state index contributed by atoms with van der Waals surface area (Å²) in [6.07, 6.45) is 3.82. The maximum Gasteiger partial charge on any atom is 0.274 e. The van der Waals surface area contributed by atoms with Crippen LogP contribution in [0.5, 0.6) is 0 Å². The smallest absolute Gasteiger partial charge is 0.274 e. The summed E-state index contributed by atoms with van der Waals surface area (Å²) < 4.78 is 1.92. The number of thiazole rings is 1. The number of carbonyl (C=O) groups excluding carboxylic acids is 1. The predicted octanol–water partition coefficient (Wildman–Crippen LogP) is 2.37. The number of pyridine rings is 1. The molecule has 0 unspecified atom stereocenters. The number of imidazole rings is 1. The molecule has 0 aromatic carbocycles. The minimum absolute atomic E-state index is 0.0190. The van der Waals surface area contributed by atoms with Crippen LogP contribution in [0, 0.1) is 13.8 Å². The van der Waals surface area contributed by atoms with Crippen LogP contribution in [-0.4, -0.2) is 56.3 Å². The van der Waals surface area contributed by atoms with Gasteiger partial charge in [-0.2, -0.15) is 0 Å². The highest BCUT2D eigenvalue weighted by Gasteiger charge is 2.24. The summed E-state index contributed by atoms with van der Waals surface area (Å²) in [5, 5.41) is 3.22. The minimum atomic E-state index is 0.0190. The predicted molar refractivity (Wildman–Crippen MR) is 98.0 cm³/mol. The Kier molecular flexibility index (Phi) is 4.27. The molecule has 1 saturated heterocycles. The molecule has 0 N–H and O–H groups in total. The second-order valence-electron chi connectivity index (χ2n) is 6.52. The van der Waals surface area contributed by atoms with Gasteiger partial charge in [-0.3, -0.25) is 9.69 Å². The maximum atomic E-state index is 12.7. The highest BCUT2D eigenvalue weighted by atomic mass is 32.1. The van der Waals surface area contributed by atoms with Crippen molar-refractivity contribution in [1.82, 2.24) is 24.2 Å². The number of carbonyl (C=O) groups is 1. The van der Waals surface area contributed by atoms with Gasteiger partial charge in [-0.05, 0) is 25.5 Å². The molecule has 1 amide bonds. The zero-order valence-electron chi connectivity index (χ0n) is 14.5. The van der Waals surface area contributed by atoms with Gasteiger partial charge in [-0.25, -0.2) is 9.97 Å². The number of fused-ring (bicyclic) bond motifs is 1. The quantitative estimate of drug-likeness (QED) is 0.724. The first kappa shape index (κ1) is 16.2. The van der Waals surface area contributed by atoms with E-state index in [0.717, 1.165) is 54.6 Å². The fourth-order valence-corrected chi connectivity index (χ4v) is 3.79. The van der Waals surface area contributed by atoms with Crippen molar-refractivity contribution < 1.29 is 4.79 Å². The van der Waals surface area contributed by atoms with Crippen molar-refractivity contribution >= 4 is 22.9 Å². The SMILES string of the molecule is Cc1ccc2nc(C(=O)N3CCN(Cc4csc(C)n4)CC3)cn2c1. The molecule has 1 aliphatic heterocycles. The molecule has 0 atom stereocenters. The maximum absolute atomic E-state index is 12.7. The molecule has 3 aromatic heterocycles. The molecule has 0 bridgehead atoms. The van der Waals surface area contributed by atoms with Gasteiger partial charge in [0.1, 0.15) is 11.3 Å². The summed E-state index contributed by atoms with van der Waals surface area (Å²) in [6, 6.07) is 3.95. The van der Waals surface area contributed by atoms with Gasteiger partial charge in [0.05, 0.1) is 10.7 Å². The first-order valence-corrected chi connectivity index (χ1v) is 9.34. The van der Waals surface area contributed by atoms with Crippen LogP contribution in [0.2, 0.25) is 0 Å². The Morgan fingerprint density at radius 1 is 1.12 bits per heavy atom. The molecule has 4 rings (SSSR count). The monoisotopic (exact) mass is 355 g/mol. The van der Waals surface area contributed by atoms with E-state index < -0.39 is 0 Å². The van der Waals surface area contributed by atoms with Crippen molar-refractivity contribution in [2.75, 3.05) is 26.2 Å². The van der Waals surface area contributed by atoms with Crippen LogP contribution in [0.15, 0.2) is 29.9 Å². The van der Waals surface area contributed by atoms with E-state index in [0.29, 0.717) is 5.69 Å². The molecular weight excluding hydrogens is 334 g/mol. The molecule has 25 heavy (non-hydrogen) atoms. The fourth-order valence-electron chi connectivity index (χ4n) is 3.19. The summed E-state index contributed by atoms with van der Waals surface area (Å²) >= 11 is 1.69. The van der Waals surface area contributed by atoms with Crippen LogP contribution < -0.4 is 0 Å². The van der Waals surface area contributed by atoms with Crippen LogP contribution in [0.4, 0.5) is 0 Å². The number of nitrogens with zero attached hydrogens (tertiary/aromatic N) is 5. The van der Waals surface area contributed by atoms with Gasteiger partial charge in [0.2, 0.25) is 0 Å². The second-order valence-corrected chi connectivity index (χ2v) is 7.59. The Labute approximate surface area is 150 Å². The number of hydrogen-bond donors (Lipinski definition) is 0. The van der Waals surface area contributed by atoms with Crippen LogP contribution >= 0.6 is 11.3 Å². The lowest BCUT2D eigenvalue weighted by Gasteiger charge is -2.34. The van der Waals surface area contributed by atoms with E-state index in [-0.39, 0.29) is 5.91 Å². The minimum Gasteiger partial charge on any atom is -0.335 e. The Bertz CT molecular complexity index is 907. The molecule has 7 heteroatoms. The molecule has 3 aromatic rings. The third-order valence-corrected chi connectivity index (χ3v) is 5.35. The average Bonchev–Trinajstić information content (AvgIpc) is 3.20. The van der Waals surface area contributed by atoms with Crippen LogP contribution in [0.1, 0.15) is 26.8 Å². The van der Waals surface area contributed by atoms with Gasteiger partial charge < -0.3 is 9.30 Å². The molecular formula is C18H21N5OS. The van der Waals surface area contributed by atoms with Crippen molar-refractivity contribution in [3.63, 3.8) is 0 Å². The summed E-state index contributed by atoms with van der Waals surface area (Å²) in [5.41, 5.74) is 3.61. The Morgan fingerprint density at radius 2 is 1.92 bits per heavy atom. The fraction of sp³-hybridized carbons (Fsp3) is 0.389. The van der Waals surface area contributed by atoms with E-state index in [4.69, 9.17) is 0 Å². The number of hydrogen-bond acceptors (Lipinski definition) is 5. The number of amides is 1. The zero-order valence-corrected chi connectivity index (χ0v) is 15.3. The molecule has 1 fully saturated rings. The number of piperazine rings is 1. The summed E-state index contributed by atoms with van der Waals surface area (Å²) in [5.74, 6) is 0.0190. The highest BCUT2D eigenvalue weighted by Crippen LogP contribution is 2.14. The normalized spacial score (nSPS) is 15.8. The van der Waals surface area contributed by atoms with Gasteiger partial charge >= 0.3 is 0 Å². The van der Waals surface area contributed by atoms with Gasteiger partial charge in [-0.1, -0.05) is 6.07 Å². The van der Waals surface area contributed by atoms with Gasteiger partial charge in [0.15, 0.2) is 0 Å². The van der Waals surface area contributed by atoms with Crippen molar-refractivity contribution in [3.8, 4) is 0 Å². The molecule has 130 valence electrons. The summed E-state index contributed by atoms with van der Waals surface area (Å²) in [4.78, 5) is 26.0. The standard InChI is InChI=1S/C18H21N5OS/c1-13-3-4-17-20-16(11-23(17)9-13)18(24)22-7-5-21(6-8-22)10-15-12-25-14(2)19-15/h3-4,9,11-12H,5-8,10H2,1-2H3. The molecule has 0 aliphatic carbocycles. The number of rotatable bonds is 3. The van der Waals surface area contributed by atoms with Gasteiger partial charge in [-0.15, -0.1) is 11.3 Å².